The molecule has 8 heteroatoms. The number of carbonyl (C=O) groups is 2. The van der Waals surface area contributed by atoms with Crippen molar-refractivity contribution in [2.75, 3.05) is 30.6 Å². The second-order valence-corrected chi connectivity index (χ2v) is 5.34. The van der Waals surface area contributed by atoms with Crippen LogP contribution in [0.25, 0.3) is 0 Å². The second-order valence-electron chi connectivity index (χ2n) is 4.14. The van der Waals surface area contributed by atoms with Crippen molar-refractivity contribution in [1.29, 1.82) is 0 Å². The molecule has 1 aromatic rings. The van der Waals surface area contributed by atoms with Gasteiger partial charge in [-0.2, -0.15) is 0 Å². The van der Waals surface area contributed by atoms with E-state index >= 15 is 0 Å². The maximum atomic E-state index is 12.3. The number of rotatable bonds is 5. The molecule has 116 valence electrons. The van der Waals surface area contributed by atoms with E-state index in [1.54, 1.807) is 25.1 Å². The zero-order valence-electron chi connectivity index (χ0n) is 11.7. The Morgan fingerprint density at radius 1 is 1.43 bits per heavy atom. The summed E-state index contributed by atoms with van der Waals surface area (Å²) in [5, 5.41) is 12.0. The van der Waals surface area contributed by atoms with E-state index in [-0.39, 0.29) is 13.2 Å². The molecule has 0 fully saturated rings. The minimum absolute atomic E-state index is 0.0927. The Balaban J connectivity index is 3.37. The number of methoxy groups -OCH3 is 1. The Kier molecular flexibility index (Phi) is 6.94. The van der Waals surface area contributed by atoms with Crippen LogP contribution in [0.1, 0.15) is 5.56 Å². The molecule has 0 heterocycles. The minimum atomic E-state index is -1.25. The number of hydrogen-bond acceptors (Lipinski definition) is 3. The van der Waals surface area contributed by atoms with Gasteiger partial charge in [-0.05, 0) is 18.6 Å². The first kappa shape index (κ1) is 17.7. The number of alkyl halides is 1. The maximum absolute atomic E-state index is 12.3. The lowest BCUT2D eigenvalue weighted by atomic mass is 10.2. The third-order valence-corrected chi connectivity index (χ3v) is 3.32. The monoisotopic (exact) mass is 378 g/mol. The van der Waals surface area contributed by atoms with Crippen molar-refractivity contribution in [2.45, 2.75) is 6.92 Å². The van der Waals surface area contributed by atoms with Gasteiger partial charge in [-0.3, -0.25) is 4.79 Å². The van der Waals surface area contributed by atoms with E-state index < -0.39 is 12.0 Å². The molecule has 0 saturated carbocycles. The number of para-hydroxylation sites is 1. The first-order valence-corrected chi connectivity index (χ1v) is 7.57. The van der Waals surface area contributed by atoms with E-state index in [4.69, 9.17) is 16.3 Å². The van der Waals surface area contributed by atoms with Crippen LogP contribution in [0.2, 0.25) is 5.02 Å². The molecular formula is C13H16BrClN2O4. The Morgan fingerprint density at radius 3 is 2.57 bits per heavy atom. The van der Waals surface area contributed by atoms with Gasteiger partial charge in [0.05, 0.1) is 17.3 Å². The van der Waals surface area contributed by atoms with E-state index in [2.05, 4.69) is 15.9 Å². The van der Waals surface area contributed by atoms with Gasteiger partial charge in [-0.15, -0.1) is 0 Å². The quantitative estimate of drug-likeness (QED) is 0.631. The summed E-state index contributed by atoms with van der Waals surface area (Å²) in [6.45, 7) is 1.59. The summed E-state index contributed by atoms with van der Waals surface area (Å²) < 4.78 is 4.83. The average molecular weight is 380 g/mol. The Hall–Kier alpha value is -1.31. The number of ether oxygens (including phenoxy) is 1. The van der Waals surface area contributed by atoms with E-state index in [9.17, 15) is 14.7 Å². The minimum Gasteiger partial charge on any atom is -0.464 e. The average Bonchev–Trinajstić information content (AvgIpc) is 2.41. The van der Waals surface area contributed by atoms with Crippen LogP contribution < -0.4 is 5.01 Å². The standard InChI is InChI=1S/C13H16BrClN2O4/c1-9-4-3-5-10(15)12(9)17(11(18)8-21-2)16(7-6-14)13(19)20/h3-5H,6-8H2,1-2H3,(H,19,20). The van der Waals surface area contributed by atoms with Gasteiger partial charge < -0.3 is 9.84 Å². The number of carboxylic acid groups (broad SMARTS) is 1. The van der Waals surface area contributed by atoms with Crippen molar-refractivity contribution in [1.82, 2.24) is 5.01 Å². The van der Waals surface area contributed by atoms with Crippen LogP contribution in [-0.4, -0.2) is 47.7 Å². The molecule has 0 spiro atoms. The molecule has 0 atom stereocenters. The zero-order chi connectivity index (χ0) is 16.0. The van der Waals surface area contributed by atoms with Gasteiger partial charge >= 0.3 is 6.09 Å². The van der Waals surface area contributed by atoms with Crippen LogP contribution in [-0.2, 0) is 9.53 Å². The van der Waals surface area contributed by atoms with Gasteiger partial charge in [0, 0.05) is 12.4 Å². The van der Waals surface area contributed by atoms with Crippen molar-refractivity contribution in [3.8, 4) is 0 Å². The fourth-order valence-corrected chi connectivity index (χ4v) is 2.46. The van der Waals surface area contributed by atoms with E-state index in [0.717, 1.165) is 10.0 Å². The van der Waals surface area contributed by atoms with E-state index in [1.807, 2.05) is 0 Å². The molecule has 0 aliphatic heterocycles. The predicted octanol–water partition coefficient (Wildman–Crippen LogP) is 2.92. The normalized spacial score (nSPS) is 10.3. The third kappa shape index (κ3) is 4.33. The number of carbonyl (C=O) groups excluding carboxylic acids is 1. The molecule has 0 radical (unpaired) electrons. The second kappa shape index (κ2) is 8.21. The lowest BCUT2D eigenvalue weighted by Crippen LogP contribution is -2.52. The molecule has 0 aliphatic carbocycles. The van der Waals surface area contributed by atoms with E-state index in [0.29, 0.717) is 21.6 Å². The van der Waals surface area contributed by atoms with Crippen molar-refractivity contribution in [3.63, 3.8) is 0 Å². The largest absolute Gasteiger partial charge is 0.464 e. The third-order valence-electron chi connectivity index (χ3n) is 2.66. The van der Waals surface area contributed by atoms with Gasteiger partial charge in [0.25, 0.3) is 5.91 Å². The Labute approximate surface area is 136 Å². The number of halogens is 2. The number of nitrogens with zero attached hydrogens (tertiary/aromatic N) is 2. The molecule has 6 nitrogen and oxygen atoms in total. The molecule has 0 bridgehead atoms. The maximum Gasteiger partial charge on any atom is 0.426 e. The fraction of sp³-hybridized carbons (Fsp3) is 0.385. The van der Waals surface area contributed by atoms with Crippen LogP contribution in [0.5, 0.6) is 0 Å². The Bertz CT molecular complexity index is 507. The highest BCUT2D eigenvalue weighted by Gasteiger charge is 2.29. The first-order chi connectivity index (χ1) is 9.93. The predicted molar refractivity (Wildman–Crippen MR) is 84.1 cm³/mol. The summed E-state index contributed by atoms with van der Waals surface area (Å²) in [5.74, 6) is -0.517. The number of amides is 2. The molecule has 1 N–H and O–H groups in total. The highest BCUT2D eigenvalue weighted by molar-refractivity contribution is 9.09. The Morgan fingerprint density at radius 2 is 2.10 bits per heavy atom. The van der Waals surface area contributed by atoms with Gasteiger partial charge in [0.15, 0.2) is 0 Å². The topological polar surface area (TPSA) is 70.1 Å². The van der Waals surface area contributed by atoms with Crippen molar-refractivity contribution < 1.29 is 19.4 Å². The SMILES string of the molecule is COCC(=O)N(c1c(C)cccc1Cl)N(CCBr)C(=O)O. The number of hydrazine groups is 1. The lowest BCUT2D eigenvalue weighted by Gasteiger charge is -2.33. The summed E-state index contributed by atoms with van der Waals surface area (Å²) in [4.78, 5) is 23.8. The molecule has 0 aliphatic rings. The summed E-state index contributed by atoms with van der Waals surface area (Å²) in [6, 6.07) is 5.09. The summed E-state index contributed by atoms with van der Waals surface area (Å²) in [6.07, 6.45) is -1.25. The number of hydrogen-bond donors (Lipinski definition) is 1. The van der Waals surface area contributed by atoms with Crippen molar-refractivity contribution in [3.05, 3.63) is 28.8 Å². The molecule has 0 aromatic heterocycles. The smallest absolute Gasteiger partial charge is 0.426 e. The van der Waals surface area contributed by atoms with Gasteiger partial charge in [0.2, 0.25) is 0 Å². The van der Waals surface area contributed by atoms with Crippen molar-refractivity contribution in [2.24, 2.45) is 0 Å². The van der Waals surface area contributed by atoms with Gasteiger partial charge in [-0.1, -0.05) is 39.7 Å². The fourth-order valence-electron chi connectivity index (χ4n) is 1.82. The summed E-state index contributed by atoms with van der Waals surface area (Å²) in [5.41, 5.74) is 1.03. The van der Waals surface area contributed by atoms with Crippen LogP contribution in [0.15, 0.2) is 18.2 Å². The molecule has 1 aromatic carbocycles. The molecule has 0 saturated heterocycles. The van der Waals surface area contributed by atoms with E-state index in [1.165, 1.54) is 7.11 Å². The van der Waals surface area contributed by atoms with Crippen molar-refractivity contribution >= 4 is 45.2 Å². The zero-order valence-corrected chi connectivity index (χ0v) is 14.0. The molecule has 2 amide bonds. The van der Waals surface area contributed by atoms with Crippen LogP contribution in [0.4, 0.5) is 10.5 Å². The molecule has 0 unspecified atom stereocenters. The highest BCUT2D eigenvalue weighted by atomic mass is 79.9. The molecule has 21 heavy (non-hydrogen) atoms. The lowest BCUT2D eigenvalue weighted by molar-refractivity contribution is -0.124. The number of aryl methyl sites for hydroxylation is 1. The first-order valence-electron chi connectivity index (χ1n) is 6.07. The van der Waals surface area contributed by atoms with Crippen LogP contribution in [0.3, 0.4) is 0 Å². The van der Waals surface area contributed by atoms with Crippen LogP contribution in [0, 0.1) is 6.92 Å². The number of anilines is 1. The van der Waals surface area contributed by atoms with Gasteiger partial charge in [-0.25, -0.2) is 14.8 Å². The summed E-state index contributed by atoms with van der Waals surface area (Å²) in [7, 11) is 1.37. The number of benzene rings is 1. The van der Waals surface area contributed by atoms with Gasteiger partial charge in [0.1, 0.15) is 6.61 Å². The summed E-state index contributed by atoms with van der Waals surface area (Å²) >= 11 is 9.33. The van der Waals surface area contributed by atoms with Crippen LogP contribution >= 0.6 is 27.5 Å². The highest BCUT2D eigenvalue weighted by Crippen LogP contribution is 2.31. The molecule has 1 rings (SSSR count). The molecular weight excluding hydrogens is 364 g/mol.